The molecule has 0 atom stereocenters. The Hall–Kier alpha value is -1.32. The zero-order chi connectivity index (χ0) is 12.1. The number of ether oxygens (including phenoxy) is 2. The molecule has 0 aromatic carbocycles. The number of carbonyl (C=O) groups is 2. The first-order valence-electron chi connectivity index (χ1n) is 5.66. The van der Waals surface area contributed by atoms with E-state index in [9.17, 15) is 9.59 Å². The zero-order valence-electron chi connectivity index (χ0n) is 10.0. The largest absolute Gasteiger partial charge is 0.462 e. The third kappa shape index (κ3) is 3.08. The molecule has 0 heterocycles. The highest BCUT2D eigenvalue weighted by atomic mass is 16.6. The Bertz CT molecular complexity index is 293. The van der Waals surface area contributed by atoms with Gasteiger partial charge in [-0.3, -0.25) is 0 Å². The maximum Gasteiger partial charge on any atom is 0.345 e. The van der Waals surface area contributed by atoms with Gasteiger partial charge < -0.3 is 9.47 Å². The molecule has 0 unspecified atom stereocenters. The van der Waals surface area contributed by atoms with E-state index < -0.39 is 11.9 Å². The van der Waals surface area contributed by atoms with Gasteiger partial charge in [0.15, 0.2) is 0 Å². The topological polar surface area (TPSA) is 52.6 Å². The van der Waals surface area contributed by atoms with E-state index in [1.165, 1.54) is 0 Å². The lowest BCUT2D eigenvalue weighted by Gasteiger charge is -2.09. The molecular formula is C12H18O4. The zero-order valence-corrected chi connectivity index (χ0v) is 10.0. The van der Waals surface area contributed by atoms with Crippen LogP contribution in [0.4, 0.5) is 0 Å². The van der Waals surface area contributed by atoms with Gasteiger partial charge >= 0.3 is 11.9 Å². The average molecular weight is 226 g/mol. The summed E-state index contributed by atoms with van der Waals surface area (Å²) in [4.78, 5) is 23.3. The Morgan fingerprint density at radius 1 is 1.06 bits per heavy atom. The van der Waals surface area contributed by atoms with Gasteiger partial charge in [-0.2, -0.15) is 0 Å². The van der Waals surface area contributed by atoms with Crippen LogP contribution in [0, 0.1) is 5.92 Å². The molecule has 0 spiro atoms. The van der Waals surface area contributed by atoms with Crippen LogP contribution in [-0.2, 0) is 19.1 Å². The van der Waals surface area contributed by atoms with E-state index in [0.29, 0.717) is 5.92 Å². The molecule has 4 nitrogen and oxygen atoms in total. The molecule has 4 heteroatoms. The summed E-state index contributed by atoms with van der Waals surface area (Å²) in [5, 5.41) is 0. The molecule has 1 aliphatic carbocycles. The van der Waals surface area contributed by atoms with Gasteiger partial charge in [0.05, 0.1) is 13.2 Å². The smallest absolute Gasteiger partial charge is 0.345 e. The first-order chi connectivity index (χ1) is 7.61. The third-order valence-electron chi connectivity index (χ3n) is 2.54. The van der Waals surface area contributed by atoms with E-state index in [-0.39, 0.29) is 18.8 Å². The second kappa shape index (κ2) is 5.68. The molecule has 1 saturated carbocycles. The summed E-state index contributed by atoms with van der Waals surface area (Å²) in [6.07, 6.45) is 2.07. The predicted octanol–water partition coefficient (Wildman–Crippen LogP) is 1.84. The minimum atomic E-state index is -0.564. The maximum absolute atomic E-state index is 11.7. The summed E-state index contributed by atoms with van der Waals surface area (Å²) < 4.78 is 9.75. The molecule has 90 valence electrons. The van der Waals surface area contributed by atoms with Crippen LogP contribution in [0.5, 0.6) is 0 Å². The highest BCUT2D eigenvalue weighted by molar-refractivity contribution is 6.14. The van der Waals surface area contributed by atoms with Crippen LogP contribution < -0.4 is 0 Å². The summed E-state index contributed by atoms with van der Waals surface area (Å²) >= 11 is 0. The van der Waals surface area contributed by atoms with Crippen LogP contribution >= 0.6 is 0 Å². The van der Waals surface area contributed by atoms with Gasteiger partial charge in [-0.15, -0.1) is 0 Å². The highest BCUT2D eigenvalue weighted by Crippen LogP contribution is 2.38. The fraction of sp³-hybridized carbons (Fsp3) is 0.667. The Morgan fingerprint density at radius 2 is 1.50 bits per heavy atom. The molecule has 0 bridgehead atoms. The fourth-order valence-electron chi connectivity index (χ4n) is 1.53. The summed E-state index contributed by atoms with van der Waals surface area (Å²) in [5.74, 6) is -0.778. The third-order valence-corrected chi connectivity index (χ3v) is 2.54. The number of hydrogen-bond acceptors (Lipinski definition) is 4. The fourth-order valence-corrected chi connectivity index (χ4v) is 1.53. The highest BCUT2D eigenvalue weighted by Gasteiger charge is 2.32. The standard InChI is InChI=1S/C12H18O4/c1-4-15-11(13)10(12(14)16-5-2)8(3)9-6-7-9/h9H,4-7H2,1-3H3. The van der Waals surface area contributed by atoms with Crippen molar-refractivity contribution in [2.75, 3.05) is 13.2 Å². The van der Waals surface area contributed by atoms with E-state index in [2.05, 4.69) is 0 Å². The van der Waals surface area contributed by atoms with Crippen molar-refractivity contribution in [2.24, 2.45) is 5.92 Å². The summed E-state index contributed by atoms with van der Waals surface area (Å²) in [7, 11) is 0. The second-order valence-electron chi connectivity index (χ2n) is 3.77. The molecule has 16 heavy (non-hydrogen) atoms. The summed E-state index contributed by atoms with van der Waals surface area (Å²) in [6.45, 7) is 5.76. The van der Waals surface area contributed by atoms with Gasteiger partial charge in [-0.25, -0.2) is 9.59 Å². The van der Waals surface area contributed by atoms with E-state index in [4.69, 9.17) is 9.47 Å². The lowest BCUT2D eigenvalue weighted by atomic mass is 10.1. The van der Waals surface area contributed by atoms with Crippen molar-refractivity contribution in [2.45, 2.75) is 33.6 Å². The minimum Gasteiger partial charge on any atom is -0.462 e. The Balaban J connectivity index is 2.88. The van der Waals surface area contributed by atoms with Crippen molar-refractivity contribution in [3.63, 3.8) is 0 Å². The van der Waals surface area contributed by atoms with E-state index >= 15 is 0 Å². The summed E-state index contributed by atoms with van der Waals surface area (Å²) in [5.41, 5.74) is 0.892. The van der Waals surface area contributed by atoms with Gasteiger partial charge in [0.1, 0.15) is 5.57 Å². The average Bonchev–Trinajstić information content (AvgIpc) is 3.01. The van der Waals surface area contributed by atoms with Crippen molar-refractivity contribution < 1.29 is 19.1 Å². The van der Waals surface area contributed by atoms with Gasteiger partial charge in [-0.05, 0) is 45.1 Å². The molecule has 0 amide bonds. The second-order valence-corrected chi connectivity index (χ2v) is 3.77. The Labute approximate surface area is 95.6 Å². The first kappa shape index (κ1) is 12.7. The van der Waals surface area contributed by atoms with Gasteiger partial charge in [0.25, 0.3) is 0 Å². The van der Waals surface area contributed by atoms with Crippen LogP contribution in [0.2, 0.25) is 0 Å². The number of esters is 2. The lowest BCUT2D eigenvalue weighted by molar-refractivity contribution is -0.146. The first-order valence-corrected chi connectivity index (χ1v) is 5.66. The normalized spacial score (nSPS) is 14.2. The molecule has 0 aromatic rings. The lowest BCUT2D eigenvalue weighted by Crippen LogP contribution is -2.20. The van der Waals surface area contributed by atoms with Crippen molar-refractivity contribution in [1.82, 2.24) is 0 Å². The summed E-state index contributed by atoms with van der Waals surface area (Å²) in [6, 6.07) is 0. The van der Waals surface area contributed by atoms with Crippen molar-refractivity contribution in [1.29, 1.82) is 0 Å². The van der Waals surface area contributed by atoms with Gasteiger partial charge in [0.2, 0.25) is 0 Å². The van der Waals surface area contributed by atoms with Crippen LogP contribution in [0.3, 0.4) is 0 Å². The quantitative estimate of drug-likeness (QED) is 0.310. The Kier molecular flexibility index (Phi) is 4.52. The molecule has 0 saturated heterocycles. The molecule has 0 aromatic heterocycles. The van der Waals surface area contributed by atoms with E-state index in [0.717, 1.165) is 18.4 Å². The number of rotatable bonds is 5. The number of carbonyl (C=O) groups excluding carboxylic acids is 2. The SMILES string of the molecule is CCOC(=O)C(C(=O)OCC)=C(C)C1CC1. The Morgan fingerprint density at radius 3 is 1.81 bits per heavy atom. The number of allylic oxidation sites excluding steroid dienone is 1. The maximum atomic E-state index is 11.7. The molecular weight excluding hydrogens is 208 g/mol. The molecule has 1 fully saturated rings. The van der Waals surface area contributed by atoms with Crippen molar-refractivity contribution in [3.05, 3.63) is 11.1 Å². The molecule has 0 aliphatic heterocycles. The van der Waals surface area contributed by atoms with Crippen molar-refractivity contribution in [3.8, 4) is 0 Å². The van der Waals surface area contributed by atoms with Gasteiger partial charge in [0, 0.05) is 0 Å². The molecule has 1 aliphatic rings. The van der Waals surface area contributed by atoms with Crippen molar-refractivity contribution >= 4 is 11.9 Å². The van der Waals surface area contributed by atoms with Crippen LogP contribution in [0.25, 0.3) is 0 Å². The van der Waals surface area contributed by atoms with Gasteiger partial charge in [-0.1, -0.05) is 0 Å². The molecule has 0 radical (unpaired) electrons. The monoisotopic (exact) mass is 226 g/mol. The van der Waals surface area contributed by atoms with Crippen LogP contribution in [-0.4, -0.2) is 25.2 Å². The minimum absolute atomic E-state index is 0.0891. The molecule has 0 N–H and O–H groups in total. The predicted molar refractivity (Wildman–Crippen MR) is 58.7 cm³/mol. The van der Waals surface area contributed by atoms with Crippen LogP contribution in [0.1, 0.15) is 33.6 Å². The van der Waals surface area contributed by atoms with E-state index in [1.807, 2.05) is 0 Å². The van der Waals surface area contributed by atoms with Crippen LogP contribution in [0.15, 0.2) is 11.1 Å². The number of hydrogen-bond donors (Lipinski definition) is 0. The van der Waals surface area contributed by atoms with E-state index in [1.54, 1.807) is 20.8 Å². The molecule has 1 rings (SSSR count).